The molecule has 0 bridgehead atoms. The first-order chi connectivity index (χ1) is 13.8. The summed E-state index contributed by atoms with van der Waals surface area (Å²) in [6, 6.07) is 3.06. The summed E-state index contributed by atoms with van der Waals surface area (Å²) < 4.78 is 16.8. The van der Waals surface area contributed by atoms with Gasteiger partial charge in [-0.25, -0.2) is 4.39 Å². The predicted octanol–water partition coefficient (Wildman–Crippen LogP) is 1.27. The number of fused-ring (bicyclic) bond motifs is 1. The lowest BCUT2D eigenvalue weighted by molar-refractivity contribution is -0.880. The first-order valence-electron chi connectivity index (χ1n) is 10.5. The number of nitrogens with zero attached hydrogens (tertiary/aromatic N) is 2. The molecule has 0 saturated carbocycles. The Kier molecular flexibility index (Phi) is 6.57. The number of quaternary nitrogens is 1. The Morgan fingerprint density at radius 1 is 1.28 bits per heavy atom. The number of piperazine rings is 1. The zero-order valence-corrected chi connectivity index (χ0v) is 17.8. The molecule has 158 valence electrons. The molecule has 0 unspecified atom stereocenters. The van der Waals surface area contributed by atoms with E-state index in [9.17, 15) is 14.0 Å². The first kappa shape index (κ1) is 21.3. The molecule has 1 aliphatic heterocycles. The van der Waals surface area contributed by atoms with Crippen molar-refractivity contribution >= 4 is 22.5 Å². The summed E-state index contributed by atoms with van der Waals surface area (Å²) in [5, 5.41) is 3.07. The fourth-order valence-electron chi connectivity index (χ4n) is 3.76. The van der Waals surface area contributed by atoms with Crippen molar-refractivity contribution in [2.45, 2.75) is 33.7 Å². The van der Waals surface area contributed by atoms with Gasteiger partial charge in [-0.2, -0.15) is 0 Å². The maximum atomic E-state index is 14.9. The Morgan fingerprint density at radius 2 is 1.97 bits per heavy atom. The molecule has 2 heterocycles. The average molecular weight is 404 g/mol. The molecule has 1 aromatic heterocycles. The van der Waals surface area contributed by atoms with Crippen LogP contribution in [0, 0.1) is 11.7 Å². The third-order valence-electron chi connectivity index (χ3n) is 5.70. The molecule has 0 atom stereocenters. The molecular weight excluding hydrogens is 371 g/mol. The fourth-order valence-corrected chi connectivity index (χ4v) is 3.76. The van der Waals surface area contributed by atoms with Gasteiger partial charge in [0.05, 0.1) is 44.4 Å². The van der Waals surface area contributed by atoms with Crippen LogP contribution in [0.2, 0.25) is 0 Å². The van der Waals surface area contributed by atoms with Crippen molar-refractivity contribution in [1.82, 2.24) is 9.88 Å². The summed E-state index contributed by atoms with van der Waals surface area (Å²) in [4.78, 5) is 29.0. The lowest BCUT2D eigenvalue weighted by Crippen LogP contribution is -3.12. The van der Waals surface area contributed by atoms with Crippen LogP contribution < -0.4 is 20.5 Å². The molecule has 29 heavy (non-hydrogen) atoms. The lowest BCUT2D eigenvalue weighted by atomic mass is 10.1. The second-order valence-electron chi connectivity index (χ2n) is 8.36. The number of aryl methyl sites for hydroxylation is 1. The van der Waals surface area contributed by atoms with Gasteiger partial charge in [0, 0.05) is 24.7 Å². The minimum Gasteiger partial charge on any atom is -0.358 e. The van der Waals surface area contributed by atoms with Crippen LogP contribution >= 0.6 is 0 Å². The molecule has 0 radical (unpaired) electrons. The van der Waals surface area contributed by atoms with Crippen molar-refractivity contribution in [1.29, 1.82) is 0 Å². The second kappa shape index (κ2) is 8.95. The number of rotatable bonds is 6. The number of aromatic nitrogens is 1. The molecule has 2 N–H and O–H groups in total. The molecule has 2 aromatic rings. The normalized spacial score (nSPS) is 15.3. The van der Waals surface area contributed by atoms with E-state index >= 15 is 0 Å². The number of carbonyl (C=O) groups is 1. The number of carbonyl (C=O) groups excluding carboxylic acids is 1. The van der Waals surface area contributed by atoms with Crippen LogP contribution in [0.1, 0.15) is 37.6 Å². The Bertz CT molecular complexity index is 946. The van der Waals surface area contributed by atoms with E-state index in [1.54, 1.807) is 12.3 Å². The van der Waals surface area contributed by atoms with Crippen LogP contribution in [0.5, 0.6) is 0 Å². The average Bonchev–Trinajstić information content (AvgIpc) is 2.68. The Labute approximate surface area is 171 Å². The van der Waals surface area contributed by atoms with E-state index in [2.05, 4.69) is 26.2 Å². The zero-order valence-electron chi connectivity index (χ0n) is 17.8. The number of likely N-dealkylation sites (N-methyl/N-ethyl adjacent to an activating group) is 1. The summed E-state index contributed by atoms with van der Waals surface area (Å²) in [5.74, 6) is -0.344. The molecule has 1 aliphatic rings. The van der Waals surface area contributed by atoms with Gasteiger partial charge in [0.25, 0.3) is 5.91 Å². The SMILES string of the molecule is CCn1cc(C(=O)NCCC(C)C)c(=O)c2cc(F)c(N3CC[NH+](C)CC3)cc21. The maximum Gasteiger partial charge on any atom is 0.256 e. The first-order valence-corrected chi connectivity index (χ1v) is 10.5. The number of hydrogen-bond donors (Lipinski definition) is 2. The highest BCUT2D eigenvalue weighted by Gasteiger charge is 2.22. The van der Waals surface area contributed by atoms with E-state index in [0.717, 1.165) is 32.6 Å². The number of benzene rings is 1. The van der Waals surface area contributed by atoms with Gasteiger partial charge in [-0.05, 0) is 31.4 Å². The number of hydrogen-bond acceptors (Lipinski definition) is 3. The van der Waals surface area contributed by atoms with Gasteiger partial charge in [-0.1, -0.05) is 13.8 Å². The standard InChI is InChI=1S/C22H31FN4O2/c1-5-26-14-17(22(29)24-7-6-15(2)3)21(28)16-12-18(23)20(13-19(16)26)27-10-8-25(4)9-11-27/h12-15H,5-11H2,1-4H3,(H,24,29)/p+1. The van der Waals surface area contributed by atoms with Gasteiger partial charge in [0.15, 0.2) is 0 Å². The highest BCUT2D eigenvalue weighted by Crippen LogP contribution is 2.25. The Hall–Kier alpha value is -2.41. The minimum atomic E-state index is -0.417. The number of pyridine rings is 1. The summed E-state index contributed by atoms with van der Waals surface area (Å²) in [6.45, 7) is 10.7. The van der Waals surface area contributed by atoms with Crippen LogP contribution in [0.3, 0.4) is 0 Å². The second-order valence-corrected chi connectivity index (χ2v) is 8.36. The Morgan fingerprint density at radius 3 is 2.59 bits per heavy atom. The summed E-state index contributed by atoms with van der Waals surface area (Å²) in [5.41, 5.74) is 0.845. The van der Waals surface area contributed by atoms with Gasteiger partial charge in [-0.15, -0.1) is 0 Å². The quantitative estimate of drug-likeness (QED) is 0.764. The van der Waals surface area contributed by atoms with Crippen LogP contribution in [0.15, 0.2) is 23.1 Å². The molecule has 1 amide bonds. The Balaban J connectivity index is 1.99. The fraction of sp³-hybridized carbons (Fsp3) is 0.545. The van der Waals surface area contributed by atoms with Crippen molar-refractivity contribution in [2.75, 3.05) is 44.7 Å². The summed E-state index contributed by atoms with van der Waals surface area (Å²) in [6.07, 6.45) is 2.44. The van der Waals surface area contributed by atoms with Crippen LogP contribution in [0.25, 0.3) is 10.9 Å². The molecule has 0 spiro atoms. The molecule has 6 nitrogen and oxygen atoms in total. The van der Waals surface area contributed by atoms with Crippen LogP contribution in [0.4, 0.5) is 10.1 Å². The molecule has 1 aromatic carbocycles. The van der Waals surface area contributed by atoms with E-state index in [4.69, 9.17) is 0 Å². The molecule has 0 aliphatic carbocycles. The van der Waals surface area contributed by atoms with E-state index in [1.807, 2.05) is 16.4 Å². The third kappa shape index (κ3) is 4.61. The highest BCUT2D eigenvalue weighted by molar-refractivity contribution is 5.97. The largest absolute Gasteiger partial charge is 0.358 e. The maximum absolute atomic E-state index is 14.9. The predicted molar refractivity (Wildman–Crippen MR) is 114 cm³/mol. The zero-order chi connectivity index (χ0) is 21.1. The van der Waals surface area contributed by atoms with Crippen molar-refractivity contribution in [3.05, 3.63) is 39.9 Å². The molecule has 1 saturated heterocycles. The van der Waals surface area contributed by atoms with Gasteiger partial charge in [-0.3, -0.25) is 9.59 Å². The van der Waals surface area contributed by atoms with Gasteiger partial charge in [0.2, 0.25) is 5.43 Å². The monoisotopic (exact) mass is 403 g/mol. The van der Waals surface area contributed by atoms with Gasteiger partial charge < -0.3 is 19.7 Å². The van der Waals surface area contributed by atoms with Crippen molar-refractivity contribution < 1.29 is 14.1 Å². The van der Waals surface area contributed by atoms with E-state index in [1.165, 1.54) is 11.0 Å². The van der Waals surface area contributed by atoms with Crippen molar-refractivity contribution in [3.8, 4) is 0 Å². The van der Waals surface area contributed by atoms with E-state index in [0.29, 0.717) is 30.2 Å². The lowest BCUT2D eigenvalue weighted by Gasteiger charge is -2.32. The third-order valence-corrected chi connectivity index (χ3v) is 5.70. The van der Waals surface area contributed by atoms with E-state index < -0.39 is 17.2 Å². The van der Waals surface area contributed by atoms with Crippen LogP contribution in [-0.4, -0.2) is 50.2 Å². The molecule has 3 rings (SSSR count). The van der Waals surface area contributed by atoms with Gasteiger partial charge in [0.1, 0.15) is 11.4 Å². The molecule has 7 heteroatoms. The van der Waals surface area contributed by atoms with Crippen molar-refractivity contribution in [3.63, 3.8) is 0 Å². The highest BCUT2D eigenvalue weighted by atomic mass is 19.1. The minimum absolute atomic E-state index is 0.0680. The number of nitrogens with one attached hydrogen (secondary N) is 2. The topological polar surface area (TPSA) is 58.8 Å². The summed E-state index contributed by atoms with van der Waals surface area (Å²) in [7, 11) is 2.14. The molecule has 1 fully saturated rings. The molecular formula is C22H32FN4O2+. The van der Waals surface area contributed by atoms with E-state index in [-0.39, 0.29) is 10.9 Å². The number of anilines is 1. The summed E-state index contributed by atoms with van der Waals surface area (Å²) >= 11 is 0. The van der Waals surface area contributed by atoms with Gasteiger partial charge >= 0.3 is 0 Å². The number of halogens is 1. The smallest absolute Gasteiger partial charge is 0.256 e. The van der Waals surface area contributed by atoms with Crippen molar-refractivity contribution in [2.24, 2.45) is 5.92 Å². The number of amides is 1. The van der Waals surface area contributed by atoms with Crippen LogP contribution in [-0.2, 0) is 6.54 Å².